The molecule has 0 saturated heterocycles. The second kappa shape index (κ2) is 12.9. The average molecular weight is 202 g/mol. The quantitative estimate of drug-likeness (QED) is 0.688. The van der Waals surface area contributed by atoms with Crippen LogP contribution in [0, 0.1) is 5.92 Å². The Morgan fingerprint density at radius 2 is 1.64 bits per heavy atom. The van der Waals surface area contributed by atoms with Crippen molar-refractivity contribution in [2.45, 2.75) is 46.5 Å². The van der Waals surface area contributed by atoms with Crippen molar-refractivity contribution in [1.29, 1.82) is 0 Å². The summed E-state index contributed by atoms with van der Waals surface area (Å²) in [4.78, 5) is 2.25. The number of hydrogen-bond donors (Lipinski definition) is 1. The van der Waals surface area contributed by atoms with Gasteiger partial charge in [0.1, 0.15) is 0 Å². The molecule has 0 amide bonds. The molecule has 0 aliphatic heterocycles. The number of hydrogen-bond acceptors (Lipinski definition) is 2. The Labute approximate surface area is 90.9 Å². The van der Waals surface area contributed by atoms with Crippen molar-refractivity contribution in [2.24, 2.45) is 11.7 Å². The Hall–Kier alpha value is -0.0800. The van der Waals surface area contributed by atoms with Crippen LogP contribution >= 0.6 is 0 Å². The van der Waals surface area contributed by atoms with Gasteiger partial charge in [-0.15, -0.1) is 0 Å². The normalized spacial score (nSPS) is 12.2. The maximum atomic E-state index is 5.55. The zero-order valence-corrected chi connectivity index (χ0v) is 10.8. The fraction of sp³-hybridized carbons (Fsp3) is 1.00. The smallest absolute Gasteiger partial charge is 0.00222 e. The fourth-order valence-corrected chi connectivity index (χ4v) is 1.52. The van der Waals surface area contributed by atoms with Crippen molar-refractivity contribution >= 4 is 0 Å². The van der Waals surface area contributed by atoms with Gasteiger partial charge in [-0.3, -0.25) is 0 Å². The van der Waals surface area contributed by atoms with E-state index in [0.29, 0.717) is 0 Å². The largest absolute Gasteiger partial charge is 0.330 e. The molecule has 0 aromatic carbocycles. The zero-order chi connectivity index (χ0) is 11.4. The summed E-state index contributed by atoms with van der Waals surface area (Å²) in [6.07, 6.45) is 5.13. The predicted octanol–water partition coefficient (Wildman–Crippen LogP) is 2.73. The molecule has 0 aliphatic carbocycles. The highest BCUT2D eigenvalue weighted by molar-refractivity contribution is 4.61. The lowest BCUT2D eigenvalue weighted by Gasteiger charge is -2.17. The lowest BCUT2D eigenvalue weighted by atomic mass is 9.96. The molecule has 0 aliphatic rings. The van der Waals surface area contributed by atoms with Gasteiger partial charge in [-0.05, 0) is 45.9 Å². The summed E-state index contributed by atoms with van der Waals surface area (Å²) in [5.41, 5.74) is 5.55. The Balaban J connectivity index is 0. The Bertz CT molecular complexity index is 86.3. The first-order valence-electron chi connectivity index (χ1n) is 6.05. The first kappa shape index (κ1) is 16.4. The lowest BCUT2D eigenvalue weighted by Crippen LogP contribution is -2.18. The summed E-state index contributed by atoms with van der Waals surface area (Å²) in [5.74, 6) is 0.849. The van der Waals surface area contributed by atoms with E-state index in [2.05, 4.69) is 25.9 Å². The minimum absolute atomic E-state index is 0.845. The van der Waals surface area contributed by atoms with Gasteiger partial charge in [0.25, 0.3) is 0 Å². The third kappa shape index (κ3) is 11.9. The molecule has 0 rings (SSSR count). The van der Waals surface area contributed by atoms with E-state index >= 15 is 0 Å². The van der Waals surface area contributed by atoms with Gasteiger partial charge < -0.3 is 10.6 Å². The molecule has 0 radical (unpaired) electrons. The van der Waals surface area contributed by atoms with E-state index in [0.717, 1.165) is 12.5 Å². The molecule has 14 heavy (non-hydrogen) atoms. The van der Waals surface area contributed by atoms with Crippen LogP contribution in [0.3, 0.4) is 0 Å². The summed E-state index contributed by atoms with van der Waals surface area (Å²) >= 11 is 0. The first-order valence-corrected chi connectivity index (χ1v) is 6.05. The van der Waals surface area contributed by atoms with Crippen LogP contribution in [0.2, 0.25) is 0 Å². The van der Waals surface area contributed by atoms with Crippen molar-refractivity contribution < 1.29 is 0 Å². The van der Waals surface area contributed by atoms with Crippen LogP contribution in [0.15, 0.2) is 0 Å². The summed E-state index contributed by atoms with van der Waals surface area (Å²) < 4.78 is 0. The minimum atomic E-state index is 0.845. The number of nitrogens with two attached hydrogens (primary N) is 1. The predicted molar refractivity (Wildman–Crippen MR) is 66.6 cm³/mol. The molecule has 0 aromatic heterocycles. The second-order valence-electron chi connectivity index (χ2n) is 3.82. The Kier molecular flexibility index (Phi) is 15.1. The molecule has 0 bridgehead atoms. The standard InChI is InChI=1S/C10H24N2.C2H6/c1-4-5-10(6-8-11)7-9-12(2)3;1-2/h10H,4-9,11H2,1-3H3;1-2H3. The van der Waals surface area contributed by atoms with Gasteiger partial charge in [-0.2, -0.15) is 0 Å². The van der Waals surface area contributed by atoms with Crippen molar-refractivity contribution in [2.75, 3.05) is 27.2 Å². The molecule has 88 valence electrons. The van der Waals surface area contributed by atoms with Crippen LogP contribution in [0.25, 0.3) is 0 Å². The molecule has 1 atom stereocenters. The SMILES string of the molecule is CC.CCCC(CCN)CCN(C)C. The third-order valence-corrected chi connectivity index (χ3v) is 2.26. The average Bonchev–Trinajstić information content (AvgIpc) is 2.18. The van der Waals surface area contributed by atoms with Gasteiger partial charge in [0.15, 0.2) is 0 Å². The monoisotopic (exact) mass is 202 g/mol. The van der Waals surface area contributed by atoms with E-state index in [4.69, 9.17) is 5.73 Å². The van der Waals surface area contributed by atoms with E-state index in [-0.39, 0.29) is 0 Å². The summed E-state index contributed by atoms with van der Waals surface area (Å²) in [7, 11) is 4.26. The van der Waals surface area contributed by atoms with Gasteiger partial charge in [-0.1, -0.05) is 33.6 Å². The second-order valence-corrected chi connectivity index (χ2v) is 3.82. The van der Waals surface area contributed by atoms with Crippen molar-refractivity contribution in [3.05, 3.63) is 0 Å². The molecule has 2 N–H and O–H groups in total. The van der Waals surface area contributed by atoms with E-state index in [1.807, 2.05) is 13.8 Å². The number of nitrogens with zero attached hydrogens (tertiary/aromatic N) is 1. The van der Waals surface area contributed by atoms with Crippen LogP contribution in [0.5, 0.6) is 0 Å². The van der Waals surface area contributed by atoms with Crippen molar-refractivity contribution in [1.82, 2.24) is 4.90 Å². The van der Waals surface area contributed by atoms with Gasteiger partial charge in [0, 0.05) is 0 Å². The van der Waals surface area contributed by atoms with E-state index in [1.165, 1.54) is 32.2 Å². The molecule has 0 fully saturated rings. The number of rotatable bonds is 7. The van der Waals surface area contributed by atoms with Crippen molar-refractivity contribution in [3.63, 3.8) is 0 Å². The van der Waals surface area contributed by atoms with Crippen LogP contribution in [-0.2, 0) is 0 Å². The third-order valence-electron chi connectivity index (χ3n) is 2.26. The van der Waals surface area contributed by atoms with Crippen LogP contribution in [0.1, 0.15) is 46.5 Å². The Morgan fingerprint density at radius 3 is 2.00 bits per heavy atom. The maximum Gasteiger partial charge on any atom is -0.00222 e. The van der Waals surface area contributed by atoms with Gasteiger partial charge in [-0.25, -0.2) is 0 Å². The van der Waals surface area contributed by atoms with E-state index in [9.17, 15) is 0 Å². The molecular weight excluding hydrogens is 172 g/mol. The van der Waals surface area contributed by atoms with Gasteiger partial charge in [0.2, 0.25) is 0 Å². The Morgan fingerprint density at radius 1 is 1.07 bits per heavy atom. The molecule has 0 heterocycles. The molecule has 1 unspecified atom stereocenters. The maximum absolute atomic E-state index is 5.55. The highest BCUT2D eigenvalue weighted by Gasteiger charge is 2.06. The minimum Gasteiger partial charge on any atom is -0.330 e. The highest BCUT2D eigenvalue weighted by Crippen LogP contribution is 2.14. The van der Waals surface area contributed by atoms with E-state index < -0.39 is 0 Å². The summed E-state index contributed by atoms with van der Waals surface area (Å²) in [5, 5.41) is 0. The van der Waals surface area contributed by atoms with Crippen molar-refractivity contribution in [3.8, 4) is 0 Å². The summed E-state index contributed by atoms with van der Waals surface area (Å²) in [6.45, 7) is 8.29. The molecule has 0 saturated carbocycles. The molecule has 2 heteroatoms. The highest BCUT2D eigenvalue weighted by atomic mass is 15.0. The first-order chi connectivity index (χ1) is 6.70. The molecule has 2 nitrogen and oxygen atoms in total. The lowest BCUT2D eigenvalue weighted by molar-refractivity contribution is 0.328. The van der Waals surface area contributed by atoms with E-state index in [1.54, 1.807) is 0 Å². The van der Waals surface area contributed by atoms with Crippen LogP contribution < -0.4 is 5.73 Å². The summed E-state index contributed by atoms with van der Waals surface area (Å²) in [6, 6.07) is 0. The van der Waals surface area contributed by atoms with Crippen LogP contribution in [-0.4, -0.2) is 32.1 Å². The van der Waals surface area contributed by atoms with Gasteiger partial charge >= 0.3 is 0 Å². The topological polar surface area (TPSA) is 29.3 Å². The fourth-order valence-electron chi connectivity index (χ4n) is 1.52. The molecule has 0 aromatic rings. The van der Waals surface area contributed by atoms with Crippen LogP contribution in [0.4, 0.5) is 0 Å². The van der Waals surface area contributed by atoms with Gasteiger partial charge in [0.05, 0.1) is 0 Å². The zero-order valence-electron chi connectivity index (χ0n) is 10.8. The molecular formula is C12H30N2. The molecule has 0 spiro atoms.